The van der Waals surface area contributed by atoms with Crippen molar-refractivity contribution in [2.45, 2.75) is 69.7 Å². The summed E-state index contributed by atoms with van der Waals surface area (Å²) in [7, 11) is 0. The van der Waals surface area contributed by atoms with Crippen molar-refractivity contribution in [1.29, 1.82) is 5.26 Å². The van der Waals surface area contributed by atoms with Crippen LogP contribution in [-0.4, -0.2) is 76.3 Å². The predicted molar refractivity (Wildman–Crippen MR) is 171 cm³/mol. The van der Waals surface area contributed by atoms with Gasteiger partial charge in [0.15, 0.2) is 0 Å². The van der Waals surface area contributed by atoms with E-state index < -0.39 is 28.8 Å². The number of nitriles is 1. The summed E-state index contributed by atoms with van der Waals surface area (Å²) in [6, 6.07) is 13.5. The Morgan fingerprint density at radius 1 is 0.980 bits per heavy atom. The minimum Gasteiger partial charge on any atom is -0.376 e. The summed E-state index contributed by atoms with van der Waals surface area (Å²) in [5.41, 5.74) is -0.211. The number of hydrogen-bond donors (Lipinski definition) is 0. The standard InChI is InChI=1S/C37H37F6N5O3/c38-29-6-4-24(5-7-29)16-48-17-27(15-45-48)32(49)46-18-28(34(21-46)22-47(23-34)33(50)35(12-13-35)37(41,42)43)20-51-19-26-2-1-3-30(31(26)14-44)25-8-10-36(39,40)11-9-25/h1-7,15,17,25,28H,8-13,16,18-23H2. The fourth-order valence-corrected chi connectivity index (χ4v) is 8.08. The van der Waals surface area contributed by atoms with E-state index in [4.69, 9.17) is 4.74 Å². The Bertz CT molecular complexity index is 1830. The molecule has 0 radical (unpaired) electrons. The molecular formula is C37H37F6N5O3. The van der Waals surface area contributed by atoms with E-state index in [0.717, 1.165) is 11.1 Å². The zero-order chi connectivity index (χ0) is 36.2. The first-order valence-electron chi connectivity index (χ1n) is 17.1. The van der Waals surface area contributed by atoms with Crippen LogP contribution in [0.25, 0.3) is 0 Å². The fourth-order valence-electron chi connectivity index (χ4n) is 8.08. The fraction of sp³-hybridized carbons (Fsp3) is 0.514. The van der Waals surface area contributed by atoms with Crippen LogP contribution in [0.1, 0.15) is 77.1 Å². The van der Waals surface area contributed by atoms with E-state index in [-0.39, 0.29) is 101 Å². The van der Waals surface area contributed by atoms with Gasteiger partial charge in [-0.1, -0.05) is 30.3 Å². The number of nitrogens with zero attached hydrogens (tertiary/aromatic N) is 5. The molecular weight excluding hydrogens is 676 g/mol. The Morgan fingerprint density at radius 3 is 2.31 bits per heavy atom. The lowest BCUT2D eigenvalue weighted by Gasteiger charge is -2.51. The smallest absolute Gasteiger partial charge is 0.376 e. The van der Waals surface area contributed by atoms with Gasteiger partial charge in [0.1, 0.15) is 11.2 Å². The third-order valence-electron chi connectivity index (χ3n) is 11.3. The second-order valence-electron chi connectivity index (χ2n) is 14.7. The van der Waals surface area contributed by atoms with Gasteiger partial charge < -0.3 is 14.5 Å². The molecule has 0 N–H and O–H groups in total. The first-order valence-corrected chi connectivity index (χ1v) is 17.1. The molecule has 4 aliphatic rings. The van der Waals surface area contributed by atoms with Crippen molar-refractivity contribution in [3.8, 4) is 6.07 Å². The van der Waals surface area contributed by atoms with E-state index in [2.05, 4.69) is 11.2 Å². The molecule has 1 aromatic heterocycles. The molecule has 270 valence electrons. The maximum atomic E-state index is 13.8. The van der Waals surface area contributed by atoms with E-state index in [9.17, 15) is 41.2 Å². The van der Waals surface area contributed by atoms with E-state index in [1.807, 2.05) is 0 Å². The topological polar surface area (TPSA) is 91.5 Å². The molecule has 3 heterocycles. The van der Waals surface area contributed by atoms with Gasteiger partial charge >= 0.3 is 6.18 Å². The van der Waals surface area contributed by atoms with Crippen LogP contribution in [0.15, 0.2) is 54.9 Å². The monoisotopic (exact) mass is 713 g/mol. The predicted octanol–water partition coefficient (Wildman–Crippen LogP) is 6.69. The summed E-state index contributed by atoms with van der Waals surface area (Å²) < 4.78 is 90.1. The van der Waals surface area contributed by atoms with Crippen LogP contribution in [0.2, 0.25) is 0 Å². The van der Waals surface area contributed by atoms with Gasteiger partial charge in [-0.05, 0) is 60.4 Å². The molecule has 14 heteroatoms. The van der Waals surface area contributed by atoms with Gasteiger partial charge in [0.05, 0.1) is 43.2 Å². The highest BCUT2D eigenvalue weighted by Crippen LogP contribution is 2.60. The number of aromatic nitrogens is 2. The van der Waals surface area contributed by atoms with Crippen LogP contribution >= 0.6 is 0 Å². The number of carbonyl (C=O) groups excluding carboxylic acids is 2. The number of ether oxygens (including phenoxy) is 1. The summed E-state index contributed by atoms with van der Waals surface area (Å²) in [4.78, 5) is 29.7. The second kappa shape index (κ2) is 13.0. The molecule has 2 amide bonds. The average Bonchev–Trinajstić information content (AvgIpc) is 3.64. The summed E-state index contributed by atoms with van der Waals surface area (Å²) in [6.07, 6.45) is -2.00. The first kappa shape index (κ1) is 35.0. The van der Waals surface area contributed by atoms with Gasteiger partial charge in [-0.3, -0.25) is 14.3 Å². The molecule has 1 unspecified atom stereocenters. The molecule has 2 saturated carbocycles. The molecule has 3 aromatic rings. The zero-order valence-electron chi connectivity index (χ0n) is 27.8. The number of hydrogen-bond acceptors (Lipinski definition) is 5. The molecule has 1 atom stereocenters. The third-order valence-corrected chi connectivity index (χ3v) is 11.3. The van der Waals surface area contributed by atoms with Gasteiger partial charge in [0.25, 0.3) is 5.91 Å². The molecule has 7 rings (SSSR count). The number of alkyl halides is 5. The quantitative estimate of drug-likeness (QED) is 0.231. The highest BCUT2D eigenvalue weighted by molar-refractivity contribution is 5.94. The van der Waals surface area contributed by atoms with Crippen LogP contribution in [0.3, 0.4) is 0 Å². The lowest BCUT2D eigenvalue weighted by atomic mass is 9.71. The molecule has 2 saturated heterocycles. The summed E-state index contributed by atoms with van der Waals surface area (Å²) >= 11 is 0. The molecule has 0 bridgehead atoms. The number of likely N-dealkylation sites (tertiary alicyclic amines) is 2. The number of benzene rings is 2. The summed E-state index contributed by atoms with van der Waals surface area (Å²) in [6.45, 7) is 1.01. The third kappa shape index (κ3) is 6.72. The van der Waals surface area contributed by atoms with Gasteiger partial charge in [-0.2, -0.15) is 23.5 Å². The minimum absolute atomic E-state index is 0.0378. The molecule has 4 fully saturated rings. The largest absolute Gasteiger partial charge is 0.403 e. The molecule has 2 aliphatic carbocycles. The van der Waals surface area contributed by atoms with Crippen molar-refractivity contribution in [3.05, 3.63) is 88.5 Å². The molecule has 8 nitrogen and oxygen atoms in total. The first-order chi connectivity index (χ1) is 24.2. The maximum absolute atomic E-state index is 13.8. The highest BCUT2D eigenvalue weighted by atomic mass is 19.4. The highest BCUT2D eigenvalue weighted by Gasteiger charge is 2.71. The maximum Gasteiger partial charge on any atom is 0.403 e. The number of amides is 2. The van der Waals surface area contributed by atoms with Crippen molar-refractivity contribution < 1.29 is 40.7 Å². The van der Waals surface area contributed by atoms with Crippen LogP contribution < -0.4 is 0 Å². The average molecular weight is 714 g/mol. The second-order valence-corrected chi connectivity index (χ2v) is 14.7. The summed E-state index contributed by atoms with van der Waals surface area (Å²) in [5.74, 6) is -4.81. The van der Waals surface area contributed by atoms with E-state index in [0.29, 0.717) is 23.2 Å². The van der Waals surface area contributed by atoms with Crippen LogP contribution in [0, 0.1) is 33.9 Å². The SMILES string of the molecule is N#Cc1c(COCC2CN(C(=O)c3cnn(Cc4ccc(F)cc4)c3)CC23CN(C(=O)C2(C(F)(F)F)CC2)C3)cccc1C1CCC(F)(F)CC1. The molecule has 2 aliphatic heterocycles. The molecule has 2 aromatic carbocycles. The van der Waals surface area contributed by atoms with Crippen molar-refractivity contribution in [3.63, 3.8) is 0 Å². The van der Waals surface area contributed by atoms with Gasteiger partial charge in [0, 0.05) is 56.6 Å². The lowest BCUT2D eigenvalue weighted by molar-refractivity contribution is -0.205. The number of halogens is 6. The van der Waals surface area contributed by atoms with Gasteiger partial charge in [-0.15, -0.1) is 0 Å². The van der Waals surface area contributed by atoms with Crippen LogP contribution in [-0.2, 0) is 22.7 Å². The molecule has 1 spiro atoms. The van der Waals surface area contributed by atoms with Crippen molar-refractivity contribution in [1.82, 2.24) is 19.6 Å². The number of rotatable bonds is 9. The van der Waals surface area contributed by atoms with Gasteiger partial charge in [0.2, 0.25) is 11.8 Å². The number of carbonyl (C=O) groups is 2. The Balaban J connectivity index is 1.05. The lowest BCUT2D eigenvalue weighted by Crippen LogP contribution is -2.65. The zero-order valence-corrected chi connectivity index (χ0v) is 27.8. The van der Waals surface area contributed by atoms with Crippen molar-refractivity contribution in [2.75, 3.05) is 32.8 Å². The van der Waals surface area contributed by atoms with Gasteiger partial charge in [-0.25, -0.2) is 13.2 Å². The Hall–Kier alpha value is -4.38. The Kier molecular flexibility index (Phi) is 8.92. The van der Waals surface area contributed by atoms with E-state index in [1.54, 1.807) is 46.1 Å². The van der Waals surface area contributed by atoms with E-state index >= 15 is 0 Å². The minimum atomic E-state index is -4.63. The van der Waals surface area contributed by atoms with Crippen molar-refractivity contribution >= 4 is 11.8 Å². The Labute approximate surface area is 291 Å². The molecule has 51 heavy (non-hydrogen) atoms. The van der Waals surface area contributed by atoms with Crippen LogP contribution in [0.4, 0.5) is 26.3 Å². The van der Waals surface area contributed by atoms with Crippen LogP contribution in [0.5, 0.6) is 0 Å². The van der Waals surface area contributed by atoms with E-state index in [1.165, 1.54) is 23.2 Å². The van der Waals surface area contributed by atoms with Crippen molar-refractivity contribution in [2.24, 2.45) is 16.7 Å². The summed E-state index contributed by atoms with van der Waals surface area (Å²) in [5, 5.41) is 14.3. The Morgan fingerprint density at radius 2 is 1.67 bits per heavy atom. The normalized spacial score (nSPS) is 22.1.